The molecule has 8 heteroatoms. The van der Waals surface area contributed by atoms with Crippen LogP contribution in [0.25, 0.3) is 0 Å². The lowest BCUT2D eigenvalue weighted by molar-refractivity contribution is -0.314. The molecule has 0 saturated carbocycles. The van der Waals surface area contributed by atoms with Gasteiger partial charge in [-0.15, -0.1) is 0 Å². The van der Waals surface area contributed by atoms with Crippen LogP contribution in [0.1, 0.15) is 25.7 Å². The van der Waals surface area contributed by atoms with Gasteiger partial charge in [-0.3, -0.25) is 9.59 Å². The molecule has 144 valence electrons. The first-order valence-corrected chi connectivity index (χ1v) is 8.20. The molecule has 2 rings (SSSR count). The predicted molar refractivity (Wildman–Crippen MR) is 84.8 cm³/mol. The number of hydrogen-bond acceptors (Lipinski definition) is 8. The van der Waals surface area contributed by atoms with Crippen LogP contribution in [0, 0.1) is 23.7 Å². The molecule has 8 nitrogen and oxygen atoms in total. The topological polar surface area (TPSA) is 133 Å². The Labute approximate surface area is 151 Å². The van der Waals surface area contributed by atoms with E-state index in [2.05, 4.69) is 9.47 Å². The summed E-state index contributed by atoms with van der Waals surface area (Å²) in [5, 5.41) is 21.3. The van der Waals surface area contributed by atoms with E-state index in [1.807, 2.05) is 0 Å². The van der Waals surface area contributed by atoms with Crippen molar-refractivity contribution >= 4 is 23.9 Å². The van der Waals surface area contributed by atoms with Gasteiger partial charge in [0, 0.05) is 23.8 Å². The third kappa shape index (κ3) is 5.72. The fourth-order valence-corrected chi connectivity index (χ4v) is 2.97. The zero-order valence-electron chi connectivity index (χ0n) is 14.7. The van der Waals surface area contributed by atoms with Crippen LogP contribution in [-0.2, 0) is 28.7 Å². The number of hydrogen-bond donors (Lipinski definition) is 0. The summed E-state index contributed by atoms with van der Waals surface area (Å²) in [6, 6.07) is 0. The van der Waals surface area contributed by atoms with Gasteiger partial charge in [-0.25, -0.2) is 0 Å². The van der Waals surface area contributed by atoms with Gasteiger partial charge >= 0.3 is 11.9 Å². The molecular formula is C18H22O8-2. The van der Waals surface area contributed by atoms with Crippen molar-refractivity contribution in [3.05, 3.63) is 24.3 Å². The van der Waals surface area contributed by atoms with Crippen LogP contribution in [0.15, 0.2) is 24.3 Å². The van der Waals surface area contributed by atoms with Crippen molar-refractivity contribution in [3.63, 3.8) is 0 Å². The van der Waals surface area contributed by atoms with Crippen molar-refractivity contribution in [2.24, 2.45) is 23.7 Å². The second-order valence-corrected chi connectivity index (χ2v) is 6.00. The van der Waals surface area contributed by atoms with Gasteiger partial charge in [0.15, 0.2) is 0 Å². The lowest BCUT2D eigenvalue weighted by atomic mass is 9.83. The number of methoxy groups -OCH3 is 2. The SMILES string of the molecule is COC(=O)[C@@H]1CC=CC[C@H]1C(=O)[O-].COC(=O)[C@H]1CC=CC[C@@H]1C(=O)[O-]. The van der Waals surface area contributed by atoms with Crippen molar-refractivity contribution in [3.8, 4) is 0 Å². The number of rotatable bonds is 4. The maximum Gasteiger partial charge on any atom is 0.309 e. The summed E-state index contributed by atoms with van der Waals surface area (Å²) in [5.74, 6) is -5.95. The lowest BCUT2D eigenvalue weighted by Crippen LogP contribution is -2.40. The molecule has 0 saturated heterocycles. The number of esters is 2. The zero-order valence-corrected chi connectivity index (χ0v) is 14.7. The van der Waals surface area contributed by atoms with Crippen LogP contribution < -0.4 is 10.2 Å². The average molecular weight is 366 g/mol. The highest BCUT2D eigenvalue weighted by molar-refractivity contribution is 5.81. The van der Waals surface area contributed by atoms with E-state index in [9.17, 15) is 29.4 Å². The highest BCUT2D eigenvalue weighted by Gasteiger charge is 2.31. The van der Waals surface area contributed by atoms with Crippen molar-refractivity contribution in [1.82, 2.24) is 0 Å². The van der Waals surface area contributed by atoms with Gasteiger partial charge in [-0.2, -0.15) is 0 Å². The quantitative estimate of drug-likeness (QED) is 0.456. The van der Waals surface area contributed by atoms with E-state index >= 15 is 0 Å². The third-order valence-electron chi connectivity index (χ3n) is 4.48. The Balaban J connectivity index is 0.000000260. The molecule has 4 atom stereocenters. The highest BCUT2D eigenvalue weighted by Crippen LogP contribution is 2.26. The third-order valence-corrected chi connectivity index (χ3v) is 4.48. The molecule has 0 aromatic heterocycles. The van der Waals surface area contributed by atoms with Gasteiger partial charge in [0.05, 0.1) is 26.1 Å². The van der Waals surface area contributed by atoms with Crippen molar-refractivity contribution < 1.29 is 38.9 Å². The van der Waals surface area contributed by atoms with Gasteiger partial charge in [-0.1, -0.05) is 24.3 Å². The van der Waals surface area contributed by atoms with E-state index < -0.39 is 47.5 Å². The molecule has 0 aliphatic heterocycles. The molecule has 0 heterocycles. The van der Waals surface area contributed by atoms with Gasteiger partial charge in [-0.05, 0) is 25.7 Å². The smallest absolute Gasteiger partial charge is 0.309 e. The minimum absolute atomic E-state index is 0.349. The Hall–Kier alpha value is -2.64. The summed E-state index contributed by atoms with van der Waals surface area (Å²) in [4.78, 5) is 43.5. The van der Waals surface area contributed by atoms with Gasteiger partial charge in [0.2, 0.25) is 0 Å². The van der Waals surface area contributed by atoms with Crippen LogP contribution in [0.4, 0.5) is 0 Å². The average Bonchev–Trinajstić information content (AvgIpc) is 2.67. The molecule has 2 aliphatic carbocycles. The molecule has 0 radical (unpaired) electrons. The maximum absolute atomic E-state index is 11.1. The van der Waals surface area contributed by atoms with Gasteiger partial charge < -0.3 is 29.3 Å². The van der Waals surface area contributed by atoms with Crippen LogP contribution in [0.2, 0.25) is 0 Å². The summed E-state index contributed by atoms with van der Waals surface area (Å²) >= 11 is 0. The standard InChI is InChI=1S/2C9H12O4/c2*1-13-9(12)7-5-3-2-4-6(7)8(10)11/h2*2-3,6-7H,4-5H2,1H3,(H,10,11)/p-2/t2*6-,7-/m10/s1. The Kier molecular flexibility index (Phi) is 8.54. The van der Waals surface area contributed by atoms with E-state index in [0.717, 1.165) is 0 Å². The van der Waals surface area contributed by atoms with Crippen LogP contribution >= 0.6 is 0 Å². The minimum atomic E-state index is -1.18. The molecule has 2 aliphatic rings. The molecule has 0 aromatic rings. The van der Waals surface area contributed by atoms with Crippen molar-refractivity contribution in [2.45, 2.75) is 25.7 Å². The molecule has 0 spiro atoms. The lowest BCUT2D eigenvalue weighted by Gasteiger charge is -2.26. The minimum Gasteiger partial charge on any atom is -0.550 e. The monoisotopic (exact) mass is 366 g/mol. The molecule has 0 amide bonds. The van der Waals surface area contributed by atoms with Gasteiger partial charge in [0.1, 0.15) is 0 Å². The summed E-state index contributed by atoms with van der Waals surface area (Å²) in [5.41, 5.74) is 0. The normalized spacial score (nSPS) is 26.8. The molecule has 0 N–H and O–H groups in total. The Morgan fingerprint density at radius 1 is 0.654 bits per heavy atom. The molecule has 26 heavy (non-hydrogen) atoms. The van der Waals surface area contributed by atoms with Crippen molar-refractivity contribution in [1.29, 1.82) is 0 Å². The number of carboxylic acids is 2. The number of carboxylic acid groups (broad SMARTS) is 2. The Morgan fingerprint density at radius 2 is 0.923 bits per heavy atom. The highest BCUT2D eigenvalue weighted by atomic mass is 16.5. The second kappa shape index (κ2) is 10.4. The fraction of sp³-hybridized carbons (Fsp3) is 0.556. The molecule has 0 aromatic carbocycles. The summed E-state index contributed by atoms with van der Waals surface area (Å²) < 4.78 is 9.01. The van der Waals surface area contributed by atoms with Crippen LogP contribution in [-0.4, -0.2) is 38.1 Å². The van der Waals surface area contributed by atoms with E-state index in [1.165, 1.54) is 14.2 Å². The largest absolute Gasteiger partial charge is 0.550 e. The number of aliphatic carboxylic acids is 2. The van der Waals surface area contributed by atoms with Gasteiger partial charge in [0.25, 0.3) is 0 Å². The predicted octanol–water partition coefficient (Wildman–Crippen LogP) is -1.02. The maximum atomic E-state index is 11.1. The van der Waals surface area contributed by atoms with Crippen LogP contribution in [0.5, 0.6) is 0 Å². The number of allylic oxidation sites excluding steroid dienone is 4. The Bertz CT molecular complexity index is 540. The molecule has 0 bridgehead atoms. The van der Waals surface area contributed by atoms with E-state index in [1.54, 1.807) is 24.3 Å². The molecule has 0 fully saturated rings. The molecular weight excluding hydrogens is 344 g/mol. The Morgan fingerprint density at radius 3 is 1.15 bits per heavy atom. The fourth-order valence-electron chi connectivity index (χ4n) is 2.97. The van der Waals surface area contributed by atoms with Crippen molar-refractivity contribution in [2.75, 3.05) is 14.2 Å². The van der Waals surface area contributed by atoms with E-state index in [4.69, 9.17) is 0 Å². The first kappa shape index (κ1) is 21.4. The number of carbonyl (C=O) groups excluding carboxylic acids is 4. The zero-order chi connectivity index (χ0) is 19.7. The first-order valence-electron chi connectivity index (χ1n) is 8.20. The summed E-state index contributed by atoms with van der Waals surface area (Å²) in [6.07, 6.45) is 8.63. The van der Waals surface area contributed by atoms with E-state index in [0.29, 0.717) is 25.7 Å². The van der Waals surface area contributed by atoms with Crippen LogP contribution in [0.3, 0.4) is 0 Å². The first-order chi connectivity index (χ1) is 12.3. The summed E-state index contributed by atoms with van der Waals surface area (Å²) in [7, 11) is 2.51. The summed E-state index contributed by atoms with van der Waals surface area (Å²) in [6.45, 7) is 0. The number of ether oxygens (including phenoxy) is 2. The van der Waals surface area contributed by atoms with E-state index in [-0.39, 0.29) is 0 Å². The second-order valence-electron chi connectivity index (χ2n) is 6.00. The number of carbonyl (C=O) groups is 4. The molecule has 0 unspecified atom stereocenters.